The monoisotopic (exact) mass is 512 g/mol. The van der Waals surface area contributed by atoms with Crippen LogP contribution in [0.15, 0.2) is 41.7 Å². The average Bonchev–Trinajstić information content (AvgIpc) is 3.21. The van der Waals surface area contributed by atoms with E-state index in [0.29, 0.717) is 35.4 Å². The summed E-state index contributed by atoms with van der Waals surface area (Å²) in [7, 11) is 1.45. The van der Waals surface area contributed by atoms with Gasteiger partial charge in [-0.05, 0) is 38.0 Å². The number of imidazole rings is 1. The molecule has 12 heteroatoms. The van der Waals surface area contributed by atoms with Gasteiger partial charge in [-0.25, -0.2) is 14.3 Å². The Morgan fingerprint density at radius 3 is 2.66 bits per heavy atom. The Hall–Kier alpha value is -2.99. The third kappa shape index (κ3) is 6.79. The van der Waals surface area contributed by atoms with E-state index in [-0.39, 0.29) is 22.7 Å². The first-order valence-corrected chi connectivity index (χ1v) is 12.2. The number of para-hydroxylation sites is 2. The van der Waals surface area contributed by atoms with Crippen LogP contribution in [0.5, 0.6) is 5.75 Å². The van der Waals surface area contributed by atoms with Crippen LogP contribution in [0.2, 0.25) is 0 Å². The van der Waals surface area contributed by atoms with Crippen LogP contribution in [0.1, 0.15) is 24.1 Å². The van der Waals surface area contributed by atoms with Gasteiger partial charge in [0, 0.05) is 39.1 Å². The van der Waals surface area contributed by atoms with Crippen LogP contribution in [0.4, 0.5) is 18.0 Å². The number of ether oxygens (including phenoxy) is 2. The zero-order chi connectivity index (χ0) is 25.6. The van der Waals surface area contributed by atoms with E-state index in [9.17, 15) is 22.2 Å². The largest absolute Gasteiger partial charge is 0.484 e. The lowest BCUT2D eigenvalue weighted by Crippen LogP contribution is -2.33. The molecule has 0 bridgehead atoms. The minimum absolute atomic E-state index is 0.00435. The Bertz CT molecular complexity index is 1200. The summed E-state index contributed by atoms with van der Waals surface area (Å²) in [6.45, 7) is 1.16. The smallest absolute Gasteiger partial charge is 0.422 e. The van der Waals surface area contributed by atoms with E-state index in [0.717, 1.165) is 12.8 Å². The fourth-order valence-corrected chi connectivity index (χ4v) is 4.66. The number of unbranched alkanes of at least 4 members (excludes halogenated alkanes) is 1. The van der Waals surface area contributed by atoms with Crippen LogP contribution in [0.3, 0.4) is 0 Å². The molecule has 0 aliphatic carbocycles. The molecule has 1 atom stereocenters. The number of fused-ring (bicyclic) bond motifs is 1. The highest BCUT2D eigenvalue weighted by molar-refractivity contribution is 7.84. The minimum Gasteiger partial charge on any atom is -0.484 e. The van der Waals surface area contributed by atoms with Crippen molar-refractivity contribution in [3.63, 3.8) is 0 Å². The number of hydrogen-bond donors (Lipinski definition) is 0. The maximum absolute atomic E-state index is 13.4. The van der Waals surface area contributed by atoms with Crippen molar-refractivity contribution in [3.8, 4) is 5.75 Å². The SMILES string of the molecule is COCCCCN(C)C(=O)n1c([S@](=O)Cc2nccc(OCC(F)(F)F)c2C)nc2ccccc21. The van der Waals surface area contributed by atoms with E-state index < -0.39 is 23.6 Å². The van der Waals surface area contributed by atoms with Crippen molar-refractivity contribution in [1.82, 2.24) is 19.4 Å². The van der Waals surface area contributed by atoms with Gasteiger partial charge in [0.15, 0.2) is 6.61 Å². The lowest BCUT2D eigenvalue weighted by Gasteiger charge is -2.19. The number of carbonyl (C=O) groups is 1. The fourth-order valence-electron chi connectivity index (χ4n) is 3.41. The van der Waals surface area contributed by atoms with Crippen molar-refractivity contribution in [1.29, 1.82) is 0 Å². The van der Waals surface area contributed by atoms with Crippen LogP contribution >= 0.6 is 0 Å². The van der Waals surface area contributed by atoms with Gasteiger partial charge < -0.3 is 14.4 Å². The molecule has 1 aromatic carbocycles. The zero-order valence-corrected chi connectivity index (χ0v) is 20.5. The highest BCUT2D eigenvalue weighted by atomic mass is 32.2. The molecule has 0 unspecified atom stereocenters. The Kier molecular flexibility index (Phi) is 8.84. The third-order valence-electron chi connectivity index (χ3n) is 5.26. The fraction of sp³-hybridized carbons (Fsp3) is 0.435. The molecule has 35 heavy (non-hydrogen) atoms. The summed E-state index contributed by atoms with van der Waals surface area (Å²) in [6.07, 6.45) is -1.67. The lowest BCUT2D eigenvalue weighted by atomic mass is 10.2. The first-order chi connectivity index (χ1) is 16.6. The molecule has 3 rings (SSSR count). The number of aromatic nitrogens is 3. The van der Waals surface area contributed by atoms with Gasteiger partial charge in [0.05, 0.1) is 33.3 Å². The number of rotatable bonds is 10. The van der Waals surface area contributed by atoms with E-state index in [1.807, 2.05) is 0 Å². The summed E-state index contributed by atoms with van der Waals surface area (Å²) in [6, 6.07) is 7.89. The number of carbonyl (C=O) groups excluding carboxylic acids is 1. The van der Waals surface area contributed by atoms with Gasteiger partial charge in [0.2, 0.25) is 5.16 Å². The molecule has 2 heterocycles. The van der Waals surface area contributed by atoms with E-state index in [2.05, 4.69) is 9.97 Å². The van der Waals surface area contributed by atoms with Crippen LogP contribution in [-0.4, -0.2) is 69.8 Å². The molecular formula is C23H27F3N4O4S. The molecule has 0 spiro atoms. The predicted molar refractivity (Wildman–Crippen MR) is 125 cm³/mol. The Morgan fingerprint density at radius 2 is 1.94 bits per heavy atom. The number of amides is 1. The van der Waals surface area contributed by atoms with Crippen molar-refractivity contribution in [2.45, 2.75) is 36.9 Å². The number of methoxy groups -OCH3 is 1. The molecule has 0 saturated carbocycles. The molecule has 0 radical (unpaired) electrons. The number of benzene rings is 1. The quantitative estimate of drug-likeness (QED) is 0.376. The van der Waals surface area contributed by atoms with Crippen molar-refractivity contribution >= 4 is 27.9 Å². The first-order valence-electron chi connectivity index (χ1n) is 10.9. The molecule has 0 saturated heterocycles. The zero-order valence-electron chi connectivity index (χ0n) is 19.7. The van der Waals surface area contributed by atoms with Gasteiger partial charge in [0.1, 0.15) is 5.75 Å². The second-order valence-electron chi connectivity index (χ2n) is 7.90. The summed E-state index contributed by atoms with van der Waals surface area (Å²) in [4.78, 5) is 23.4. The molecule has 3 aromatic rings. The van der Waals surface area contributed by atoms with Crippen LogP contribution in [-0.2, 0) is 21.3 Å². The second-order valence-corrected chi connectivity index (χ2v) is 9.24. The van der Waals surface area contributed by atoms with Gasteiger partial charge >= 0.3 is 12.2 Å². The predicted octanol–water partition coefficient (Wildman–Crippen LogP) is 4.32. The van der Waals surface area contributed by atoms with Gasteiger partial charge in [-0.2, -0.15) is 13.2 Å². The minimum atomic E-state index is -4.49. The molecule has 1 amide bonds. The Labute approximate surface area is 203 Å². The summed E-state index contributed by atoms with van der Waals surface area (Å²) in [5.41, 5.74) is 1.65. The van der Waals surface area contributed by atoms with Gasteiger partial charge in [0.25, 0.3) is 0 Å². The topological polar surface area (TPSA) is 86.6 Å². The molecule has 2 aromatic heterocycles. The van der Waals surface area contributed by atoms with Gasteiger partial charge in [-0.1, -0.05) is 12.1 Å². The lowest BCUT2D eigenvalue weighted by molar-refractivity contribution is -0.153. The Balaban J connectivity index is 1.87. The normalized spacial score (nSPS) is 12.6. The van der Waals surface area contributed by atoms with Crippen LogP contribution in [0.25, 0.3) is 11.0 Å². The molecule has 0 aliphatic rings. The van der Waals surface area contributed by atoms with Crippen molar-refractivity contribution in [2.24, 2.45) is 0 Å². The summed E-state index contributed by atoms with van der Waals surface area (Å²) in [5.74, 6) is -0.145. The number of halogens is 3. The van der Waals surface area contributed by atoms with Crippen LogP contribution in [0, 0.1) is 6.92 Å². The van der Waals surface area contributed by atoms with Crippen molar-refractivity contribution in [3.05, 3.63) is 47.8 Å². The summed E-state index contributed by atoms with van der Waals surface area (Å²) in [5, 5.41) is 0.0442. The summed E-state index contributed by atoms with van der Waals surface area (Å²) >= 11 is 0. The highest BCUT2D eigenvalue weighted by Gasteiger charge is 2.29. The van der Waals surface area contributed by atoms with Crippen molar-refractivity contribution < 1.29 is 31.6 Å². The number of alkyl halides is 3. The highest BCUT2D eigenvalue weighted by Crippen LogP contribution is 2.26. The molecule has 0 N–H and O–H groups in total. The number of nitrogens with zero attached hydrogens (tertiary/aromatic N) is 4. The molecule has 190 valence electrons. The van der Waals surface area contributed by atoms with E-state index >= 15 is 0 Å². The maximum atomic E-state index is 13.4. The summed E-state index contributed by atoms with van der Waals surface area (Å²) < 4.78 is 62.3. The average molecular weight is 513 g/mol. The number of hydrogen-bond acceptors (Lipinski definition) is 6. The molecule has 0 fully saturated rings. The maximum Gasteiger partial charge on any atom is 0.422 e. The van der Waals surface area contributed by atoms with Crippen LogP contribution < -0.4 is 4.74 Å². The van der Waals surface area contributed by atoms with Crippen molar-refractivity contribution in [2.75, 3.05) is 33.9 Å². The first kappa shape index (κ1) is 26.6. The second kappa shape index (κ2) is 11.6. The van der Waals surface area contributed by atoms with E-state index in [1.165, 1.54) is 21.7 Å². The number of pyridine rings is 1. The van der Waals surface area contributed by atoms with Gasteiger partial charge in [-0.15, -0.1) is 0 Å². The Morgan fingerprint density at radius 1 is 1.20 bits per heavy atom. The molecule has 0 aliphatic heterocycles. The third-order valence-corrected chi connectivity index (χ3v) is 6.48. The standard InChI is InChI=1S/C23H27F3N4O4S/c1-16-18(27-11-10-20(16)34-15-23(24,25)26)14-35(32)21-28-17-8-4-5-9-19(17)30(21)22(31)29(2)12-6-7-13-33-3/h4-5,8-11H,6-7,12-15H2,1-3H3/t35-/m1/s1. The van der Waals surface area contributed by atoms with E-state index in [4.69, 9.17) is 9.47 Å². The van der Waals surface area contributed by atoms with Gasteiger partial charge in [-0.3, -0.25) is 9.19 Å². The van der Waals surface area contributed by atoms with E-state index in [1.54, 1.807) is 45.3 Å². The molecule has 8 nitrogen and oxygen atoms in total. The molecular weight excluding hydrogens is 485 g/mol.